The highest BCUT2D eigenvalue weighted by Gasteiger charge is 2.29. The van der Waals surface area contributed by atoms with Gasteiger partial charge in [0.2, 0.25) is 0 Å². The minimum absolute atomic E-state index is 0.0168. The lowest BCUT2D eigenvalue weighted by molar-refractivity contribution is 0.414. The van der Waals surface area contributed by atoms with Gasteiger partial charge in [0.1, 0.15) is 11.6 Å². The van der Waals surface area contributed by atoms with Gasteiger partial charge in [-0.25, -0.2) is 12.8 Å². The highest BCUT2D eigenvalue weighted by Crippen LogP contribution is 2.32. The van der Waals surface area contributed by atoms with Gasteiger partial charge in [-0.2, -0.15) is 0 Å². The van der Waals surface area contributed by atoms with Gasteiger partial charge >= 0.3 is 0 Å². The van der Waals surface area contributed by atoms with Crippen LogP contribution < -0.4 is 14.4 Å². The smallest absolute Gasteiger partial charge is 0.264 e. The van der Waals surface area contributed by atoms with Crippen molar-refractivity contribution in [3.05, 3.63) is 88.7 Å². The largest absolute Gasteiger partial charge is 0.497 e. The lowest BCUT2D eigenvalue weighted by atomic mass is 9.98. The van der Waals surface area contributed by atoms with E-state index in [2.05, 4.69) is 5.32 Å². The normalized spacial score (nSPS) is 15.8. The molecule has 0 radical (unpaired) electrons. The highest BCUT2D eigenvalue weighted by atomic mass is 32.2. The maximum atomic E-state index is 15.6. The zero-order valence-electron chi connectivity index (χ0n) is 22.1. The summed E-state index contributed by atoms with van der Waals surface area (Å²) in [5, 5.41) is 3.31. The molecule has 1 heterocycles. The van der Waals surface area contributed by atoms with Crippen LogP contribution >= 0.6 is 0 Å². The number of methoxy groups -OCH3 is 1. The number of nitrogens with zero attached hydrogens (tertiary/aromatic N) is 1. The van der Waals surface area contributed by atoms with Crippen molar-refractivity contribution in [3.63, 3.8) is 0 Å². The van der Waals surface area contributed by atoms with Gasteiger partial charge in [0.25, 0.3) is 10.0 Å². The molecule has 1 aliphatic carbocycles. The molecular weight excluding hydrogens is 499 g/mol. The van der Waals surface area contributed by atoms with Gasteiger partial charge in [-0.1, -0.05) is 56.4 Å². The third-order valence-corrected chi connectivity index (χ3v) is 9.73. The summed E-state index contributed by atoms with van der Waals surface area (Å²) in [7, 11) is -2.44. The topological polar surface area (TPSA) is 58.6 Å². The molecule has 1 saturated carbocycles. The Balaban J connectivity index is 1.44. The number of sulfonamides is 1. The van der Waals surface area contributed by atoms with E-state index < -0.39 is 15.8 Å². The van der Waals surface area contributed by atoms with Crippen LogP contribution in [0.3, 0.4) is 0 Å². The Hall–Kier alpha value is -2.90. The Morgan fingerprint density at radius 1 is 0.974 bits per heavy atom. The first-order valence-electron chi connectivity index (χ1n) is 13.7. The summed E-state index contributed by atoms with van der Waals surface area (Å²) in [5.41, 5.74) is 3.85. The zero-order valence-corrected chi connectivity index (χ0v) is 22.9. The fraction of sp³-hybridized carbons (Fsp3) is 0.419. The van der Waals surface area contributed by atoms with Crippen LogP contribution in [0.15, 0.2) is 65.6 Å². The number of rotatable bonds is 10. The Morgan fingerprint density at radius 2 is 1.74 bits per heavy atom. The molecule has 38 heavy (non-hydrogen) atoms. The van der Waals surface area contributed by atoms with E-state index in [-0.39, 0.29) is 17.1 Å². The van der Waals surface area contributed by atoms with Crippen molar-refractivity contribution in [3.8, 4) is 5.75 Å². The fourth-order valence-corrected chi connectivity index (χ4v) is 7.25. The SMILES string of the molecule is COc1ccc(CN(c2ccc(CCCC3CCCC3)cc2F)S(=O)(=O)c2ccc3c(c2)CCNC3)cc1. The van der Waals surface area contributed by atoms with E-state index >= 15 is 4.39 Å². The molecule has 0 amide bonds. The zero-order chi connectivity index (χ0) is 26.5. The minimum Gasteiger partial charge on any atom is -0.497 e. The summed E-state index contributed by atoms with van der Waals surface area (Å²) in [4.78, 5) is 0.187. The number of nitrogens with one attached hydrogen (secondary N) is 1. The second-order valence-corrected chi connectivity index (χ2v) is 12.4. The van der Waals surface area contributed by atoms with E-state index in [1.54, 1.807) is 37.4 Å². The van der Waals surface area contributed by atoms with Crippen LogP contribution in [0.5, 0.6) is 5.75 Å². The molecule has 1 fully saturated rings. The number of ether oxygens (including phenoxy) is 1. The molecule has 0 aromatic heterocycles. The summed E-state index contributed by atoms with van der Waals surface area (Å²) < 4.78 is 50.1. The Morgan fingerprint density at radius 3 is 2.47 bits per heavy atom. The molecule has 0 bridgehead atoms. The van der Waals surface area contributed by atoms with Gasteiger partial charge < -0.3 is 10.1 Å². The first kappa shape index (κ1) is 26.7. The molecule has 5 rings (SSSR count). The Bertz CT molecular complexity index is 1350. The summed E-state index contributed by atoms with van der Waals surface area (Å²) in [6.07, 6.45) is 9.05. The van der Waals surface area contributed by atoms with E-state index in [1.807, 2.05) is 24.3 Å². The van der Waals surface area contributed by atoms with Crippen LogP contribution in [0.4, 0.5) is 10.1 Å². The number of aryl methyl sites for hydroxylation is 1. The molecule has 1 N–H and O–H groups in total. The second kappa shape index (κ2) is 11.9. The quantitative estimate of drug-likeness (QED) is 0.326. The summed E-state index contributed by atoms with van der Waals surface area (Å²) in [6.45, 7) is 1.55. The number of benzene rings is 3. The van der Waals surface area contributed by atoms with Crippen LogP contribution in [0.1, 0.15) is 60.8 Å². The van der Waals surface area contributed by atoms with Gasteiger partial charge in [0, 0.05) is 6.54 Å². The van der Waals surface area contributed by atoms with Crippen LogP contribution in [-0.2, 0) is 36.0 Å². The lowest BCUT2D eigenvalue weighted by Crippen LogP contribution is -2.32. The van der Waals surface area contributed by atoms with Crippen molar-refractivity contribution >= 4 is 15.7 Å². The molecule has 1 aliphatic heterocycles. The number of anilines is 1. The molecule has 0 unspecified atom stereocenters. The molecule has 0 atom stereocenters. The first-order chi connectivity index (χ1) is 18.4. The van der Waals surface area contributed by atoms with E-state index in [4.69, 9.17) is 4.74 Å². The van der Waals surface area contributed by atoms with Gasteiger partial charge in [0.15, 0.2) is 0 Å². The number of hydrogen-bond acceptors (Lipinski definition) is 4. The van der Waals surface area contributed by atoms with E-state index in [1.165, 1.54) is 42.5 Å². The highest BCUT2D eigenvalue weighted by molar-refractivity contribution is 7.92. The third kappa shape index (κ3) is 6.05. The van der Waals surface area contributed by atoms with Crippen molar-refractivity contribution in [1.82, 2.24) is 5.32 Å². The summed E-state index contributed by atoms with van der Waals surface area (Å²) >= 11 is 0. The first-order valence-corrected chi connectivity index (χ1v) is 15.1. The van der Waals surface area contributed by atoms with Crippen LogP contribution in [-0.4, -0.2) is 22.1 Å². The molecular formula is C31H37FN2O3S. The standard InChI is InChI=1S/C31H37FN2O3S/c1-37-28-13-9-25(10-14-28)22-34(38(35,36)29-15-12-27-21-33-18-17-26(27)20-29)31-16-11-24(19-30(31)32)8-4-7-23-5-2-3-6-23/h9-16,19-20,23,33H,2-8,17-18,21-22H2,1H3. The van der Waals surface area contributed by atoms with Crippen molar-refractivity contribution in [2.45, 2.75) is 69.4 Å². The molecule has 202 valence electrons. The van der Waals surface area contributed by atoms with E-state index in [0.717, 1.165) is 60.5 Å². The monoisotopic (exact) mass is 536 g/mol. The average Bonchev–Trinajstić information content (AvgIpc) is 3.46. The van der Waals surface area contributed by atoms with Gasteiger partial charge in [0.05, 0.1) is 24.2 Å². The summed E-state index contributed by atoms with van der Waals surface area (Å²) in [5.74, 6) is 0.971. The van der Waals surface area contributed by atoms with Crippen molar-refractivity contribution < 1.29 is 17.5 Å². The molecule has 0 saturated heterocycles. The van der Waals surface area contributed by atoms with Crippen LogP contribution in [0, 0.1) is 11.7 Å². The minimum atomic E-state index is -4.02. The molecule has 3 aromatic carbocycles. The Kier molecular flexibility index (Phi) is 8.34. The van der Waals surface area contributed by atoms with Crippen molar-refractivity contribution in [2.75, 3.05) is 18.0 Å². The fourth-order valence-electron chi connectivity index (χ4n) is 5.74. The lowest BCUT2D eigenvalue weighted by Gasteiger charge is -2.26. The molecule has 7 heteroatoms. The molecule has 0 spiro atoms. The molecule has 3 aromatic rings. The maximum absolute atomic E-state index is 15.6. The average molecular weight is 537 g/mol. The van der Waals surface area contributed by atoms with E-state index in [0.29, 0.717) is 5.75 Å². The van der Waals surface area contributed by atoms with E-state index in [9.17, 15) is 8.42 Å². The predicted molar refractivity (Wildman–Crippen MR) is 150 cm³/mol. The second-order valence-electron chi connectivity index (χ2n) is 10.5. The number of hydrogen-bond donors (Lipinski definition) is 1. The van der Waals surface area contributed by atoms with Gasteiger partial charge in [-0.05, 0) is 90.4 Å². The molecule has 5 nitrogen and oxygen atoms in total. The number of halogens is 1. The van der Waals surface area contributed by atoms with Crippen LogP contribution in [0.2, 0.25) is 0 Å². The van der Waals surface area contributed by atoms with Crippen LogP contribution in [0.25, 0.3) is 0 Å². The maximum Gasteiger partial charge on any atom is 0.264 e. The Labute approximate surface area is 226 Å². The van der Waals surface area contributed by atoms with Gasteiger partial charge in [-0.3, -0.25) is 4.31 Å². The summed E-state index contributed by atoms with van der Waals surface area (Å²) in [6, 6.07) is 17.5. The van der Waals surface area contributed by atoms with Crippen molar-refractivity contribution in [1.29, 1.82) is 0 Å². The molecule has 2 aliphatic rings. The third-order valence-electron chi connectivity index (χ3n) is 7.97. The van der Waals surface area contributed by atoms with Gasteiger partial charge in [-0.15, -0.1) is 0 Å². The number of fused-ring (bicyclic) bond motifs is 1. The van der Waals surface area contributed by atoms with Crippen molar-refractivity contribution in [2.24, 2.45) is 5.92 Å². The predicted octanol–water partition coefficient (Wildman–Crippen LogP) is 6.39.